The molecule has 0 spiro atoms. The van der Waals surface area contributed by atoms with Crippen molar-refractivity contribution in [2.24, 2.45) is 0 Å². The summed E-state index contributed by atoms with van der Waals surface area (Å²) < 4.78 is 5.69. The van der Waals surface area contributed by atoms with Crippen molar-refractivity contribution in [3.8, 4) is 5.75 Å². The zero-order valence-corrected chi connectivity index (χ0v) is 15.4. The van der Waals surface area contributed by atoms with Crippen LogP contribution < -0.4 is 15.4 Å². The summed E-state index contributed by atoms with van der Waals surface area (Å²) >= 11 is 0. The van der Waals surface area contributed by atoms with Crippen LogP contribution in [0.1, 0.15) is 24.1 Å². The van der Waals surface area contributed by atoms with Gasteiger partial charge in [-0.2, -0.15) is 0 Å². The highest BCUT2D eigenvalue weighted by molar-refractivity contribution is 5.85. The van der Waals surface area contributed by atoms with Gasteiger partial charge < -0.3 is 15.4 Å². The zero-order valence-electron chi connectivity index (χ0n) is 13.8. The van der Waals surface area contributed by atoms with Gasteiger partial charge in [0.05, 0.1) is 11.7 Å². The Labute approximate surface area is 160 Å². The fraction of sp³-hybridized carbons (Fsp3) is 0.333. The highest BCUT2D eigenvalue weighted by Crippen LogP contribution is 2.14. The number of nitrogens with zero attached hydrogens (tertiary/aromatic N) is 1. The molecular formula is C18H23Cl2N3O2. The van der Waals surface area contributed by atoms with Gasteiger partial charge in [0, 0.05) is 12.7 Å². The molecule has 1 saturated heterocycles. The van der Waals surface area contributed by atoms with E-state index in [1.807, 2.05) is 42.5 Å². The average Bonchev–Trinajstić information content (AvgIpc) is 3.14. The van der Waals surface area contributed by atoms with E-state index in [2.05, 4.69) is 15.6 Å². The molecule has 2 heterocycles. The van der Waals surface area contributed by atoms with Gasteiger partial charge in [-0.25, -0.2) is 0 Å². The van der Waals surface area contributed by atoms with Crippen LogP contribution in [0.4, 0.5) is 0 Å². The van der Waals surface area contributed by atoms with Crippen LogP contribution in [0.15, 0.2) is 48.7 Å². The number of rotatable bonds is 6. The molecule has 0 radical (unpaired) electrons. The third-order valence-corrected chi connectivity index (χ3v) is 3.88. The summed E-state index contributed by atoms with van der Waals surface area (Å²) in [5, 5.41) is 6.16. The molecule has 1 fully saturated rings. The second-order valence-corrected chi connectivity index (χ2v) is 5.62. The maximum Gasteiger partial charge on any atom is 0.237 e. The summed E-state index contributed by atoms with van der Waals surface area (Å²) in [6.07, 6.45) is 3.75. The standard InChI is InChI=1S/C18H21N3O2.2ClH/c22-18(17-5-3-11-20-17)21-12-14-6-8-16(9-7-14)23-13-15-4-1-2-10-19-15;;/h1-2,4,6-10,17,20H,3,5,11-13H2,(H,21,22);2*1H. The topological polar surface area (TPSA) is 63.2 Å². The second-order valence-electron chi connectivity index (χ2n) is 5.62. The Bertz CT molecular complexity index is 633. The van der Waals surface area contributed by atoms with Gasteiger partial charge in [-0.1, -0.05) is 18.2 Å². The lowest BCUT2D eigenvalue weighted by atomic mass is 10.2. The Kier molecular flexibility index (Phi) is 9.27. The minimum Gasteiger partial charge on any atom is -0.487 e. The van der Waals surface area contributed by atoms with Crippen LogP contribution in [0.2, 0.25) is 0 Å². The van der Waals surface area contributed by atoms with Crippen molar-refractivity contribution in [2.75, 3.05) is 6.54 Å². The average molecular weight is 384 g/mol. The molecule has 1 atom stereocenters. The molecule has 2 N–H and O–H groups in total. The number of nitrogens with one attached hydrogen (secondary N) is 2. The van der Waals surface area contributed by atoms with Crippen molar-refractivity contribution < 1.29 is 9.53 Å². The first-order valence-corrected chi connectivity index (χ1v) is 7.94. The van der Waals surface area contributed by atoms with Gasteiger partial charge in [0.1, 0.15) is 12.4 Å². The van der Waals surface area contributed by atoms with E-state index in [1.165, 1.54) is 0 Å². The summed E-state index contributed by atoms with van der Waals surface area (Å²) in [6, 6.07) is 13.5. The van der Waals surface area contributed by atoms with Crippen LogP contribution in [0.5, 0.6) is 5.75 Å². The molecule has 0 saturated carbocycles. The summed E-state index contributed by atoms with van der Waals surface area (Å²) in [6.45, 7) is 1.92. The Morgan fingerprint density at radius 1 is 1.20 bits per heavy atom. The number of hydrogen-bond acceptors (Lipinski definition) is 4. The van der Waals surface area contributed by atoms with Crippen LogP contribution in [-0.4, -0.2) is 23.5 Å². The summed E-state index contributed by atoms with van der Waals surface area (Å²) in [4.78, 5) is 16.2. The van der Waals surface area contributed by atoms with Crippen molar-refractivity contribution >= 4 is 30.7 Å². The maximum atomic E-state index is 11.9. The Morgan fingerprint density at radius 2 is 2.00 bits per heavy atom. The van der Waals surface area contributed by atoms with Gasteiger partial charge in [0.2, 0.25) is 5.91 Å². The zero-order chi connectivity index (χ0) is 15.9. The first kappa shape index (κ1) is 21.2. The van der Waals surface area contributed by atoms with Crippen molar-refractivity contribution in [1.82, 2.24) is 15.6 Å². The third kappa shape index (κ3) is 6.53. The van der Waals surface area contributed by atoms with Crippen LogP contribution in [0.3, 0.4) is 0 Å². The van der Waals surface area contributed by atoms with Crippen LogP contribution in [0, 0.1) is 0 Å². The minimum absolute atomic E-state index is 0. The first-order chi connectivity index (χ1) is 11.3. The van der Waals surface area contributed by atoms with Crippen molar-refractivity contribution in [2.45, 2.75) is 32.0 Å². The van der Waals surface area contributed by atoms with E-state index in [1.54, 1.807) is 6.20 Å². The number of aromatic nitrogens is 1. The molecule has 0 bridgehead atoms. The van der Waals surface area contributed by atoms with Gasteiger partial charge in [0.25, 0.3) is 0 Å². The number of hydrogen-bond donors (Lipinski definition) is 2. The molecular weight excluding hydrogens is 361 g/mol. The van der Waals surface area contributed by atoms with E-state index in [9.17, 15) is 4.79 Å². The van der Waals surface area contributed by atoms with Crippen molar-refractivity contribution in [1.29, 1.82) is 0 Å². The molecule has 7 heteroatoms. The monoisotopic (exact) mass is 383 g/mol. The molecule has 136 valence electrons. The second kappa shape index (κ2) is 10.9. The highest BCUT2D eigenvalue weighted by Gasteiger charge is 2.21. The lowest BCUT2D eigenvalue weighted by Gasteiger charge is -2.11. The minimum atomic E-state index is -0.0315. The fourth-order valence-electron chi connectivity index (χ4n) is 2.57. The summed E-state index contributed by atoms with van der Waals surface area (Å²) in [5.74, 6) is 0.876. The van der Waals surface area contributed by atoms with Crippen LogP contribution in [-0.2, 0) is 17.9 Å². The molecule has 1 aliphatic heterocycles. The largest absolute Gasteiger partial charge is 0.487 e. The van der Waals surface area contributed by atoms with E-state index in [-0.39, 0.29) is 36.8 Å². The summed E-state index contributed by atoms with van der Waals surface area (Å²) in [5.41, 5.74) is 1.95. The number of pyridine rings is 1. The maximum absolute atomic E-state index is 11.9. The van der Waals surface area contributed by atoms with Crippen molar-refractivity contribution in [3.05, 3.63) is 59.9 Å². The lowest BCUT2D eigenvalue weighted by molar-refractivity contribution is -0.122. The molecule has 1 aromatic carbocycles. The molecule has 5 nitrogen and oxygen atoms in total. The van der Waals surface area contributed by atoms with Crippen LogP contribution in [0.25, 0.3) is 0 Å². The van der Waals surface area contributed by atoms with Crippen LogP contribution >= 0.6 is 24.8 Å². The van der Waals surface area contributed by atoms with Gasteiger partial charge in [0.15, 0.2) is 0 Å². The first-order valence-electron chi connectivity index (χ1n) is 7.94. The molecule has 1 unspecified atom stereocenters. The number of benzene rings is 1. The molecule has 1 aliphatic rings. The highest BCUT2D eigenvalue weighted by atomic mass is 35.5. The van der Waals surface area contributed by atoms with E-state index < -0.39 is 0 Å². The number of ether oxygens (including phenoxy) is 1. The van der Waals surface area contributed by atoms with Gasteiger partial charge in [-0.15, -0.1) is 24.8 Å². The molecule has 3 rings (SSSR count). The van der Waals surface area contributed by atoms with E-state index in [4.69, 9.17) is 4.74 Å². The van der Waals surface area contributed by atoms with E-state index in [0.29, 0.717) is 13.2 Å². The molecule has 0 aliphatic carbocycles. The number of carbonyl (C=O) groups excluding carboxylic acids is 1. The number of carbonyl (C=O) groups is 1. The fourth-order valence-corrected chi connectivity index (χ4v) is 2.57. The third-order valence-electron chi connectivity index (χ3n) is 3.88. The number of halogens is 2. The van der Waals surface area contributed by atoms with Crippen molar-refractivity contribution in [3.63, 3.8) is 0 Å². The van der Waals surface area contributed by atoms with E-state index >= 15 is 0 Å². The van der Waals surface area contributed by atoms with Gasteiger partial charge in [-0.3, -0.25) is 9.78 Å². The quantitative estimate of drug-likeness (QED) is 0.804. The normalized spacial score (nSPS) is 15.6. The van der Waals surface area contributed by atoms with E-state index in [0.717, 1.165) is 36.4 Å². The SMILES string of the molecule is Cl.Cl.O=C(NCc1ccc(OCc2ccccn2)cc1)C1CCCN1. The Morgan fingerprint density at radius 3 is 2.64 bits per heavy atom. The summed E-state index contributed by atoms with van der Waals surface area (Å²) in [7, 11) is 0. The Hall–Kier alpha value is -1.82. The predicted molar refractivity (Wildman–Crippen MR) is 102 cm³/mol. The number of amides is 1. The molecule has 2 aromatic rings. The van der Waals surface area contributed by atoms with Gasteiger partial charge in [-0.05, 0) is 49.2 Å². The smallest absolute Gasteiger partial charge is 0.237 e. The lowest BCUT2D eigenvalue weighted by Crippen LogP contribution is -2.39. The molecule has 1 amide bonds. The molecule has 25 heavy (non-hydrogen) atoms. The molecule has 1 aromatic heterocycles. The Balaban J connectivity index is 0.00000156. The van der Waals surface area contributed by atoms with Gasteiger partial charge >= 0.3 is 0 Å². The predicted octanol–water partition coefficient (Wildman–Crippen LogP) is 2.87.